The number of hydrogen-bond acceptors (Lipinski definition) is 7. The maximum Gasteiger partial charge on any atom is 0.270 e. The van der Waals surface area contributed by atoms with E-state index in [1.807, 2.05) is 26.0 Å². The first kappa shape index (κ1) is 20.9. The number of carbonyl (C=O) groups excluding carboxylic acids is 1. The Kier molecular flexibility index (Phi) is 5.96. The molecule has 0 aliphatic carbocycles. The highest BCUT2D eigenvalue weighted by Crippen LogP contribution is 2.35. The second-order valence-electron chi connectivity index (χ2n) is 6.82. The van der Waals surface area contributed by atoms with Crippen molar-refractivity contribution in [2.45, 2.75) is 33.4 Å². The van der Waals surface area contributed by atoms with Crippen molar-refractivity contribution in [3.05, 3.63) is 56.1 Å². The number of thioether (sulfide) groups is 1. The molecule has 0 unspecified atom stereocenters. The van der Waals surface area contributed by atoms with Gasteiger partial charge >= 0.3 is 0 Å². The highest BCUT2D eigenvalue weighted by Gasteiger charge is 2.34. The second-order valence-corrected chi connectivity index (χ2v) is 8.49. The Labute approximate surface area is 178 Å². The fourth-order valence-electron chi connectivity index (χ4n) is 3.08. The van der Waals surface area contributed by atoms with E-state index < -0.39 is 5.56 Å². The van der Waals surface area contributed by atoms with Gasteiger partial charge in [-0.1, -0.05) is 24.0 Å². The Bertz CT molecular complexity index is 1110. The molecule has 1 aliphatic rings. The van der Waals surface area contributed by atoms with Crippen LogP contribution < -0.4 is 10.9 Å². The highest BCUT2D eigenvalue weighted by atomic mass is 32.2. The lowest BCUT2D eigenvalue weighted by Crippen LogP contribution is -2.34. The summed E-state index contributed by atoms with van der Waals surface area (Å²) in [6, 6.07) is 5.51. The van der Waals surface area contributed by atoms with Crippen LogP contribution in [-0.4, -0.2) is 25.7 Å². The molecule has 3 heterocycles. The third-order valence-corrected chi connectivity index (χ3v) is 5.96. The Balaban J connectivity index is 2.13. The van der Waals surface area contributed by atoms with Crippen molar-refractivity contribution in [1.29, 1.82) is 5.26 Å². The van der Waals surface area contributed by atoms with Gasteiger partial charge in [-0.15, -0.1) is 0 Å². The first-order valence-electron chi connectivity index (χ1n) is 8.93. The highest BCUT2D eigenvalue weighted by molar-refractivity contribution is 8.26. The van der Waals surface area contributed by atoms with Crippen LogP contribution >= 0.6 is 24.0 Å². The fraction of sp³-hybridized carbons (Fsp3) is 0.300. The number of thiocarbonyl (C=S) groups is 1. The lowest BCUT2D eigenvalue weighted by atomic mass is 10.0. The van der Waals surface area contributed by atoms with Crippen molar-refractivity contribution >= 4 is 46.1 Å². The molecule has 0 aromatic carbocycles. The Morgan fingerprint density at radius 2 is 2.14 bits per heavy atom. The third kappa shape index (κ3) is 3.86. The molecule has 2 aromatic heterocycles. The standard InChI is InChI=1S/C20H20N4O3S2/c1-11(2)24-19(26)16(29-20(24)28)8-14-12(3)15(9-21)18(25)23(4)17(14)22-10-13-6-5-7-27-13/h5-8,11,22H,10H2,1-4H3/b16-8-. The van der Waals surface area contributed by atoms with Crippen molar-refractivity contribution < 1.29 is 9.21 Å². The van der Waals surface area contributed by atoms with Gasteiger partial charge < -0.3 is 9.73 Å². The van der Waals surface area contributed by atoms with Gasteiger partial charge in [-0.05, 0) is 44.5 Å². The summed E-state index contributed by atoms with van der Waals surface area (Å²) in [5.74, 6) is 1.01. The van der Waals surface area contributed by atoms with Crippen molar-refractivity contribution in [2.24, 2.45) is 7.05 Å². The molecule has 1 amide bonds. The van der Waals surface area contributed by atoms with Crippen LogP contribution in [0, 0.1) is 18.3 Å². The van der Waals surface area contributed by atoms with E-state index in [1.54, 1.807) is 37.3 Å². The quantitative estimate of drug-likeness (QED) is 0.577. The predicted molar refractivity (Wildman–Crippen MR) is 117 cm³/mol. The molecule has 0 bridgehead atoms. The summed E-state index contributed by atoms with van der Waals surface area (Å²) in [5.41, 5.74) is 0.743. The molecule has 0 radical (unpaired) electrons. The van der Waals surface area contributed by atoms with Crippen LogP contribution in [0.3, 0.4) is 0 Å². The molecule has 29 heavy (non-hydrogen) atoms. The Morgan fingerprint density at radius 1 is 1.41 bits per heavy atom. The number of nitrogens with zero attached hydrogens (tertiary/aromatic N) is 3. The van der Waals surface area contributed by atoms with Crippen LogP contribution in [0.1, 0.15) is 36.3 Å². The topological polar surface area (TPSA) is 91.3 Å². The summed E-state index contributed by atoms with van der Waals surface area (Å²) in [7, 11) is 1.59. The zero-order chi connectivity index (χ0) is 21.3. The summed E-state index contributed by atoms with van der Waals surface area (Å²) in [5, 5.41) is 12.7. The molecular weight excluding hydrogens is 408 g/mol. The zero-order valence-corrected chi connectivity index (χ0v) is 18.1. The molecule has 7 nitrogen and oxygen atoms in total. The number of nitriles is 1. The van der Waals surface area contributed by atoms with Gasteiger partial charge in [-0.3, -0.25) is 19.1 Å². The smallest absolute Gasteiger partial charge is 0.270 e. The van der Waals surface area contributed by atoms with E-state index in [0.717, 1.165) is 0 Å². The van der Waals surface area contributed by atoms with Gasteiger partial charge in [-0.25, -0.2) is 0 Å². The van der Waals surface area contributed by atoms with Crippen LogP contribution in [0.2, 0.25) is 0 Å². The van der Waals surface area contributed by atoms with E-state index in [4.69, 9.17) is 16.6 Å². The average molecular weight is 429 g/mol. The molecule has 0 saturated carbocycles. The number of rotatable bonds is 5. The van der Waals surface area contributed by atoms with Gasteiger partial charge in [0, 0.05) is 18.7 Å². The second kappa shape index (κ2) is 8.27. The van der Waals surface area contributed by atoms with E-state index >= 15 is 0 Å². The fourth-order valence-corrected chi connectivity index (χ4v) is 4.59. The number of carbonyl (C=O) groups is 1. The number of aromatic nitrogens is 1. The Morgan fingerprint density at radius 3 is 2.69 bits per heavy atom. The molecule has 1 N–H and O–H groups in total. The van der Waals surface area contributed by atoms with E-state index in [2.05, 4.69) is 5.32 Å². The lowest BCUT2D eigenvalue weighted by molar-refractivity contribution is -0.123. The normalized spacial score (nSPS) is 15.4. The van der Waals surface area contributed by atoms with Crippen molar-refractivity contribution in [2.75, 3.05) is 5.32 Å². The summed E-state index contributed by atoms with van der Waals surface area (Å²) in [4.78, 5) is 27.4. The summed E-state index contributed by atoms with van der Waals surface area (Å²) in [6.45, 7) is 5.84. The first-order valence-corrected chi connectivity index (χ1v) is 10.2. The van der Waals surface area contributed by atoms with Crippen molar-refractivity contribution in [3.63, 3.8) is 0 Å². The van der Waals surface area contributed by atoms with Gasteiger partial charge in [-0.2, -0.15) is 5.26 Å². The van der Waals surface area contributed by atoms with Gasteiger partial charge in [0.05, 0.1) is 17.7 Å². The van der Waals surface area contributed by atoms with Crippen LogP contribution in [0.15, 0.2) is 32.5 Å². The molecule has 1 saturated heterocycles. The number of anilines is 1. The summed E-state index contributed by atoms with van der Waals surface area (Å²) in [6.07, 6.45) is 3.26. The minimum atomic E-state index is -0.404. The van der Waals surface area contributed by atoms with E-state index in [0.29, 0.717) is 38.5 Å². The maximum atomic E-state index is 12.8. The number of amides is 1. The minimum Gasteiger partial charge on any atom is -0.467 e. The zero-order valence-electron chi connectivity index (χ0n) is 16.5. The van der Waals surface area contributed by atoms with Gasteiger partial charge in [0.25, 0.3) is 11.5 Å². The minimum absolute atomic E-state index is 0.0432. The lowest BCUT2D eigenvalue weighted by Gasteiger charge is -2.19. The van der Waals surface area contributed by atoms with Crippen LogP contribution in [-0.2, 0) is 18.4 Å². The monoisotopic (exact) mass is 428 g/mol. The van der Waals surface area contributed by atoms with Crippen LogP contribution in [0.4, 0.5) is 5.82 Å². The summed E-state index contributed by atoms with van der Waals surface area (Å²) >= 11 is 6.56. The molecule has 9 heteroatoms. The number of furan rings is 1. The molecular formula is C20H20N4O3S2. The van der Waals surface area contributed by atoms with Crippen molar-refractivity contribution in [3.8, 4) is 6.07 Å². The Hall–Kier alpha value is -2.83. The average Bonchev–Trinajstić information content (AvgIpc) is 3.27. The molecule has 0 spiro atoms. The third-order valence-electron chi connectivity index (χ3n) is 4.63. The van der Waals surface area contributed by atoms with Gasteiger partial charge in [0.1, 0.15) is 27.5 Å². The molecule has 0 atom stereocenters. The number of nitrogens with one attached hydrogen (secondary N) is 1. The van der Waals surface area contributed by atoms with Gasteiger partial charge in [0.2, 0.25) is 0 Å². The van der Waals surface area contributed by atoms with Crippen LogP contribution in [0.25, 0.3) is 6.08 Å². The molecule has 3 rings (SSSR count). The molecule has 1 aliphatic heterocycles. The maximum absolute atomic E-state index is 12.8. The molecule has 2 aromatic rings. The number of pyridine rings is 1. The molecule has 150 valence electrons. The van der Waals surface area contributed by atoms with E-state index in [-0.39, 0.29) is 17.5 Å². The van der Waals surface area contributed by atoms with Gasteiger partial charge in [0.15, 0.2) is 0 Å². The predicted octanol–water partition coefficient (Wildman–Crippen LogP) is 3.38. The molecule has 1 fully saturated rings. The summed E-state index contributed by atoms with van der Waals surface area (Å²) < 4.78 is 7.21. The largest absolute Gasteiger partial charge is 0.467 e. The van der Waals surface area contributed by atoms with Crippen molar-refractivity contribution in [1.82, 2.24) is 9.47 Å². The SMILES string of the molecule is Cc1c(/C=C2\SC(=S)N(C(C)C)C2=O)c(NCc2ccco2)n(C)c(=O)c1C#N. The van der Waals surface area contributed by atoms with Crippen LogP contribution in [0.5, 0.6) is 0 Å². The number of hydrogen-bond donors (Lipinski definition) is 1. The van der Waals surface area contributed by atoms with E-state index in [9.17, 15) is 14.9 Å². The van der Waals surface area contributed by atoms with E-state index in [1.165, 1.54) is 16.3 Å². The first-order chi connectivity index (χ1) is 13.8.